The summed E-state index contributed by atoms with van der Waals surface area (Å²) in [6, 6.07) is 1.80. The van der Waals surface area contributed by atoms with Crippen molar-refractivity contribution in [3.05, 3.63) is 24.0 Å². The van der Waals surface area contributed by atoms with Gasteiger partial charge in [0.25, 0.3) is 0 Å². The molecule has 0 amide bonds. The molecule has 0 heterocycles. The van der Waals surface area contributed by atoms with Crippen LogP contribution in [0.15, 0.2) is 24.0 Å². The summed E-state index contributed by atoms with van der Waals surface area (Å²) in [4.78, 5) is 10.9. The Balaban J connectivity index is 2.21. The second-order valence-electron chi connectivity index (χ2n) is 2.42. The van der Waals surface area contributed by atoms with Crippen molar-refractivity contribution in [1.82, 2.24) is 0 Å². The predicted octanol–water partition coefficient (Wildman–Crippen LogP) is 1.68. The van der Waals surface area contributed by atoms with Crippen LogP contribution < -0.4 is 0 Å². The van der Waals surface area contributed by atoms with Crippen molar-refractivity contribution in [3.63, 3.8) is 0 Å². The van der Waals surface area contributed by atoms with E-state index in [1.807, 2.05) is 6.08 Å². The zero-order chi connectivity index (χ0) is 8.81. The Kier molecular flexibility index (Phi) is 3.09. The number of nitrogens with zero attached hydrogens (tertiary/aromatic N) is 1. The molecule has 0 radical (unpaired) electrons. The fourth-order valence-electron chi connectivity index (χ4n) is 0.751. The van der Waals surface area contributed by atoms with Gasteiger partial charge in [-0.3, -0.25) is 4.79 Å². The number of allylic oxidation sites excluding steroid dienone is 3. The van der Waals surface area contributed by atoms with Crippen LogP contribution in [0.2, 0.25) is 0 Å². The molecule has 3 heteroatoms. The Morgan fingerprint density at radius 2 is 2.58 bits per heavy atom. The van der Waals surface area contributed by atoms with Crippen LogP contribution in [0.25, 0.3) is 0 Å². The molecule has 1 aliphatic carbocycles. The molecule has 3 nitrogen and oxygen atoms in total. The number of carbonyl (C=O) groups excluding carboxylic acids is 1. The van der Waals surface area contributed by atoms with E-state index in [0.717, 1.165) is 18.6 Å². The summed E-state index contributed by atoms with van der Waals surface area (Å²) >= 11 is 0. The average Bonchev–Trinajstić information content (AvgIpc) is 1.98. The van der Waals surface area contributed by atoms with Crippen molar-refractivity contribution in [2.24, 2.45) is 0 Å². The molecule has 62 valence electrons. The molecule has 0 saturated heterocycles. The lowest BCUT2D eigenvalue weighted by Gasteiger charge is -2.12. The third-order valence-electron chi connectivity index (χ3n) is 1.48. The summed E-state index contributed by atoms with van der Waals surface area (Å²) in [6.07, 6.45) is 6.67. The number of nitriles is 1. The van der Waals surface area contributed by atoms with E-state index in [0.29, 0.717) is 0 Å². The Morgan fingerprint density at radius 1 is 1.83 bits per heavy atom. The third kappa shape index (κ3) is 2.59. The number of carbonyl (C=O) groups is 1. The average molecular weight is 163 g/mol. The van der Waals surface area contributed by atoms with E-state index < -0.39 is 0 Å². The van der Waals surface area contributed by atoms with Crippen molar-refractivity contribution in [2.45, 2.75) is 19.3 Å². The minimum atomic E-state index is -0.299. The summed E-state index contributed by atoms with van der Waals surface area (Å²) < 4.78 is 4.89. The molecule has 0 aromatic rings. The van der Waals surface area contributed by atoms with Gasteiger partial charge >= 0.3 is 5.97 Å². The molecule has 1 rings (SSSR count). The van der Waals surface area contributed by atoms with E-state index in [2.05, 4.69) is 0 Å². The van der Waals surface area contributed by atoms with Crippen molar-refractivity contribution in [1.29, 1.82) is 5.26 Å². The first-order valence-corrected chi connectivity index (χ1v) is 3.77. The Bertz CT molecular complexity index is 271. The van der Waals surface area contributed by atoms with Gasteiger partial charge in [0.05, 0.1) is 12.5 Å². The van der Waals surface area contributed by atoms with E-state index in [9.17, 15) is 4.79 Å². The molecule has 0 N–H and O–H groups in total. The van der Waals surface area contributed by atoms with Crippen molar-refractivity contribution in [2.75, 3.05) is 0 Å². The van der Waals surface area contributed by atoms with Crippen molar-refractivity contribution >= 4 is 5.97 Å². The number of ether oxygens (including phenoxy) is 1. The maximum atomic E-state index is 10.9. The van der Waals surface area contributed by atoms with Crippen LogP contribution in [-0.2, 0) is 9.53 Å². The molecule has 0 unspecified atom stereocenters. The number of hydrogen-bond donors (Lipinski definition) is 0. The Labute approximate surface area is 70.9 Å². The summed E-state index contributed by atoms with van der Waals surface area (Å²) in [7, 11) is 0. The van der Waals surface area contributed by atoms with Crippen LogP contribution in [0.4, 0.5) is 0 Å². The summed E-state index contributed by atoms with van der Waals surface area (Å²) in [5, 5.41) is 8.12. The van der Waals surface area contributed by atoms with Gasteiger partial charge in [0, 0.05) is 12.5 Å². The van der Waals surface area contributed by atoms with Crippen molar-refractivity contribution < 1.29 is 9.53 Å². The van der Waals surface area contributed by atoms with Crippen LogP contribution >= 0.6 is 0 Å². The zero-order valence-electron chi connectivity index (χ0n) is 6.62. The summed E-state index contributed by atoms with van der Waals surface area (Å²) in [5.74, 6) is 0.456. The van der Waals surface area contributed by atoms with E-state index in [1.165, 1.54) is 12.2 Å². The van der Waals surface area contributed by atoms with E-state index >= 15 is 0 Å². The van der Waals surface area contributed by atoms with Gasteiger partial charge in [-0.1, -0.05) is 6.08 Å². The molecular weight excluding hydrogens is 154 g/mol. The topological polar surface area (TPSA) is 50.1 Å². The first kappa shape index (κ1) is 8.54. The summed E-state index contributed by atoms with van der Waals surface area (Å²) in [6.45, 7) is 0. The normalized spacial score (nSPS) is 14.8. The van der Waals surface area contributed by atoms with Crippen LogP contribution in [0.5, 0.6) is 0 Å². The molecule has 1 aliphatic rings. The van der Waals surface area contributed by atoms with E-state index in [4.69, 9.17) is 10.00 Å². The van der Waals surface area contributed by atoms with Gasteiger partial charge in [0.1, 0.15) is 5.76 Å². The highest BCUT2D eigenvalue weighted by Crippen LogP contribution is 2.19. The van der Waals surface area contributed by atoms with Gasteiger partial charge < -0.3 is 4.74 Å². The largest absolute Gasteiger partial charge is 0.431 e. The van der Waals surface area contributed by atoms with Crippen LogP contribution in [0.3, 0.4) is 0 Å². The molecular formula is C9H9NO2. The van der Waals surface area contributed by atoms with Gasteiger partial charge in [-0.15, -0.1) is 0 Å². The molecule has 0 aliphatic heterocycles. The molecule has 0 aromatic heterocycles. The van der Waals surface area contributed by atoms with Gasteiger partial charge in [0.2, 0.25) is 0 Å². The Morgan fingerprint density at radius 3 is 3.08 bits per heavy atom. The molecule has 0 aromatic carbocycles. The lowest BCUT2D eigenvalue weighted by molar-refractivity contribution is -0.139. The quantitative estimate of drug-likeness (QED) is 0.469. The first-order valence-electron chi connectivity index (χ1n) is 3.77. The molecule has 0 spiro atoms. The molecule has 0 fully saturated rings. The van der Waals surface area contributed by atoms with Crippen LogP contribution in [-0.4, -0.2) is 5.97 Å². The minimum absolute atomic E-state index is 0.172. The van der Waals surface area contributed by atoms with Gasteiger partial charge in [-0.05, 0) is 12.5 Å². The highest BCUT2D eigenvalue weighted by Gasteiger charge is 2.10. The fraction of sp³-hybridized carbons (Fsp3) is 0.333. The molecule has 12 heavy (non-hydrogen) atoms. The lowest BCUT2D eigenvalue weighted by atomic mass is 10.1. The monoisotopic (exact) mass is 163 g/mol. The van der Waals surface area contributed by atoms with Gasteiger partial charge in [-0.25, -0.2) is 0 Å². The zero-order valence-corrected chi connectivity index (χ0v) is 6.62. The van der Waals surface area contributed by atoms with Crippen LogP contribution in [0.1, 0.15) is 19.3 Å². The smallest absolute Gasteiger partial charge is 0.314 e. The molecule has 0 atom stereocenters. The molecule has 0 bridgehead atoms. The standard InChI is InChI=1S/C9H9NO2/c10-7-2-1-6-9(11)12-8-4-3-5-8/h1-2,4H,3,5-6H2. The van der Waals surface area contributed by atoms with Gasteiger partial charge in [-0.2, -0.15) is 5.26 Å². The lowest BCUT2D eigenvalue weighted by Crippen LogP contribution is -2.06. The highest BCUT2D eigenvalue weighted by atomic mass is 16.5. The van der Waals surface area contributed by atoms with E-state index in [-0.39, 0.29) is 12.4 Å². The molecule has 0 saturated carbocycles. The summed E-state index contributed by atoms with van der Waals surface area (Å²) in [5.41, 5.74) is 0. The minimum Gasteiger partial charge on any atom is -0.431 e. The SMILES string of the molecule is N#CC=CCC(=O)OC1=CCC1. The fourth-order valence-corrected chi connectivity index (χ4v) is 0.751. The first-order chi connectivity index (χ1) is 5.83. The van der Waals surface area contributed by atoms with Crippen molar-refractivity contribution in [3.8, 4) is 6.07 Å². The second kappa shape index (κ2) is 4.35. The predicted molar refractivity (Wildman–Crippen MR) is 42.8 cm³/mol. The maximum absolute atomic E-state index is 10.9. The number of rotatable bonds is 3. The van der Waals surface area contributed by atoms with Crippen LogP contribution in [0, 0.1) is 11.3 Å². The number of hydrogen-bond acceptors (Lipinski definition) is 3. The Hall–Kier alpha value is -1.56. The van der Waals surface area contributed by atoms with Gasteiger partial charge in [0.15, 0.2) is 0 Å². The van der Waals surface area contributed by atoms with E-state index in [1.54, 1.807) is 6.07 Å². The maximum Gasteiger partial charge on any atom is 0.314 e. The highest BCUT2D eigenvalue weighted by molar-refractivity contribution is 5.72. The number of esters is 1. The second-order valence-corrected chi connectivity index (χ2v) is 2.42. The third-order valence-corrected chi connectivity index (χ3v) is 1.48.